The predicted molar refractivity (Wildman–Crippen MR) is 69.4 cm³/mol. The Hall–Kier alpha value is -0.910. The number of benzene rings is 1. The molecule has 78 valence electrons. The highest BCUT2D eigenvalue weighted by Crippen LogP contribution is 2.11. The van der Waals surface area contributed by atoms with Crippen LogP contribution in [0.3, 0.4) is 0 Å². The highest BCUT2D eigenvalue weighted by Gasteiger charge is 2.06. The van der Waals surface area contributed by atoms with E-state index in [1.54, 1.807) is 11.6 Å². The van der Waals surface area contributed by atoms with Gasteiger partial charge in [-0.15, -0.1) is 0 Å². The summed E-state index contributed by atoms with van der Waals surface area (Å²) < 4.78 is 2.36. The molecule has 0 fully saturated rings. The van der Waals surface area contributed by atoms with Crippen LogP contribution in [0.5, 0.6) is 0 Å². The Morgan fingerprint density at radius 2 is 2.20 bits per heavy atom. The van der Waals surface area contributed by atoms with E-state index >= 15 is 0 Å². The molecule has 0 aliphatic carbocycles. The summed E-state index contributed by atoms with van der Waals surface area (Å²) in [5.74, 6) is 0.817. The van der Waals surface area contributed by atoms with Crippen LogP contribution in [-0.2, 0) is 11.5 Å². The fourth-order valence-corrected chi connectivity index (χ4v) is 2.23. The summed E-state index contributed by atoms with van der Waals surface area (Å²) in [4.78, 5) is 16.4. The number of aromatic nitrogens is 2. The van der Waals surface area contributed by atoms with Crippen molar-refractivity contribution < 1.29 is 0 Å². The molecular formula is C11H11IN2O. The van der Waals surface area contributed by atoms with Gasteiger partial charge in [-0.25, -0.2) is 4.98 Å². The van der Waals surface area contributed by atoms with Crippen LogP contribution in [0.2, 0.25) is 0 Å². The molecule has 0 radical (unpaired) electrons. The lowest BCUT2D eigenvalue weighted by atomic mass is 10.2. The van der Waals surface area contributed by atoms with Gasteiger partial charge in [-0.05, 0) is 19.1 Å². The van der Waals surface area contributed by atoms with Gasteiger partial charge in [0, 0.05) is 7.05 Å². The highest BCUT2D eigenvalue weighted by atomic mass is 127. The van der Waals surface area contributed by atoms with Crippen molar-refractivity contribution in [2.45, 2.75) is 11.4 Å². The zero-order valence-electron chi connectivity index (χ0n) is 8.62. The van der Waals surface area contributed by atoms with E-state index in [0.29, 0.717) is 5.39 Å². The molecule has 0 N–H and O–H groups in total. The molecule has 0 unspecified atom stereocenters. The molecule has 0 bridgehead atoms. The van der Waals surface area contributed by atoms with Crippen LogP contribution in [0, 0.1) is 6.92 Å². The van der Waals surface area contributed by atoms with Gasteiger partial charge in [0.05, 0.1) is 15.3 Å². The third-order valence-electron chi connectivity index (χ3n) is 2.44. The van der Waals surface area contributed by atoms with Crippen molar-refractivity contribution >= 4 is 33.5 Å². The molecule has 0 aliphatic heterocycles. The van der Waals surface area contributed by atoms with Crippen LogP contribution in [0.15, 0.2) is 23.0 Å². The van der Waals surface area contributed by atoms with Crippen molar-refractivity contribution in [3.05, 3.63) is 39.9 Å². The van der Waals surface area contributed by atoms with Gasteiger partial charge in [0.2, 0.25) is 0 Å². The summed E-state index contributed by atoms with van der Waals surface area (Å²) in [5, 5.41) is 0.700. The van der Waals surface area contributed by atoms with Crippen molar-refractivity contribution in [3.63, 3.8) is 0 Å². The van der Waals surface area contributed by atoms with Crippen molar-refractivity contribution in [3.8, 4) is 0 Å². The van der Waals surface area contributed by atoms with Crippen molar-refractivity contribution in [1.29, 1.82) is 0 Å². The second kappa shape index (κ2) is 3.92. The zero-order chi connectivity index (χ0) is 11.0. The van der Waals surface area contributed by atoms with Gasteiger partial charge in [-0.2, -0.15) is 0 Å². The van der Waals surface area contributed by atoms with E-state index in [4.69, 9.17) is 0 Å². The van der Waals surface area contributed by atoms with Gasteiger partial charge in [-0.3, -0.25) is 9.36 Å². The summed E-state index contributed by atoms with van der Waals surface area (Å²) in [5.41, 5.74) is 1.91. The molecule has 1 aromatic heterocycles. The second-order valence-corrected chi connectivity index (χ2v) is 4.31. The van der Waals surface area contributed by atoms with Gasteiger partial charge >= 0.3 is 0 Å². The van der Waals surface area contributed by atoms with Crippen LogP contribution in [0.1, 0.15) is 11.4 Å². The number of alkyl halides is 1. The van der Waals surface area contributed by atoms with Crippen LogP contribution >= 0.6 is 22.6 Å². The third kappa shape index (κ3) is 1.78. The number of fused-ring (bicyclic) bond motifs is 1. The largest absolute Gasteiger partial charge is 0.299 e. The molecule has 3 nitrogen and oxygen atoms in total. The van der Waals surface area contributed by atoms with Crippen LogP contribution in [0.4, 0.5) is 0 Å². The Bertz CT molecular complexity index is 575. The number of hydrogen-bond acceptors (Lipinski definition) is 2. The molecule has 15 heavy (non-hydrogen) atoms. The quantitative estimate of drug-likeness (QED) is 0.597. The highest BCUT2D eigenvalue weighted by molar-refractivity contribution is 14.1. The predicted octanol–water partition coefficient (Wildman–Crippen LogP) is 2.18. The molecule has 0 atom stereocenters. The van der Waals surface area contributed by atoms with Gasteiger partial charge < -0.3 is 0 Å². The molecule has 1 aromatic carbocycles. The van der Waals surface area contributed by atoms with Crippen molar-refractivity contribution in [2.24, 2.45) is 7.05 Å². The number of nitrogens with zero attached hydrogens (tertiary/aromatic N) is 2. The lowest BCUT2D eigenvalue weighted by molar-refractivity contribution is 0.790. The van der Waals surface area contributed by atoms with Crippen LogP contribution in [-0.4, -0.2) is 9.55 Å². The molecule has 0 spiro atoms. The maximum Gasteiger partial charge on any atom is 0.261 e. The molecule has 0 saturated carbocycles. The number of halogens is 1. The molecule has 1 heterocycles. The standard InChI is InChI=1S/C11H11IN2O/c1-7-3-4-9-8(5-7)11(15)14(2)10(6-12)13-9/h3-5H,6H2,1-2H3. The van der Waals surface area contributed by atoms with E-state index in [9.17, 15) is 4.79 Å². The Morgan fingerprint density at radius 1 is 1.47 bits per heavy atom. The van der Waals surface area contributed by atoms with E-state index in [2.05, 4.69) is 27.6 Å². The first-order valence-electron chi connectivity index (χ1n) is 4.65. The normalized spacial score (nSPS) is 10.9. The monoisotopic (exact) mass is 314 g/mol. The van der Waals surface area contributed by atoms with Gasteiger partial charge in [-0.1, -0.05) is 34.2 Å². The summed E-state index contributed by atoms with van der Waals surface area (Å²) in [6.07, 6.45) is 0. The molecule has 2 rings (SSSR count). The van der Waals surface area contributed by atoms with E-state index < -0.39 is 0 Å². The number of hydrogen-bond donors (Lipinski definition) is 0. The van der Waals surface area contributed by atoms with E-state index in [0.717, 1.165) is 21.3 Å². The molecule has 0 saturated heterocycles. The fourth-order valence-electron chi connectivity index (χ4n) is 1.55. The maximum absolute atomic E-state index is 12.0. The lowest BCUT2D eigenvalue weighted by Gasteiger charge is -2.06. The topological polar surface area (TPSA) is 34.9 Å². The molecular weight excluding hydrogens is 303 g/mol. The lowest BCUT2D eigenvalue weighted by Crippen LogP contribution is -2.21. The van der Waals surface area contributed by atoms with Crippen LogP contribution in [0.25, 0.3) is 10.9 Å². The summed E-state index contributed by atoms with van der Waals surface area (Å²) in [6.45, 7) is 1.98. The van der Waals surface area contributed by atoms with Crippen LogP contribution < -0.4 is 5.56 Å². The zero-order valence-corrected chi connectivity index (χ0v) is 10.8. The summed E-state index contributed by atoms with van der Waals surface area (Å²) >= 11 is 2.21. The average molecular weight is 314 g/mol. The fraction of sp³-hybridized carbons (Fsp3) is 0.273. The smallest absolute Gasteiger partial charge is 0.261 e. The minimum Gasteiger partial charge on any atom is -0.299 e. The Balaban J connectivity index is 2.91. The third-order valence-corrected chi connectivity index (χ3v) is 3.13. The van der Waals surface area contributed by atoms with E-state index in [-0.39, 0.29) is 5.56 Å². The molecule has 4 heteroatoms. The first-order chi connectivity index (χ1) is 7.13. The Morgan fingerprint density at radius 3 is 2.87 bits per heavy atom. The first kappa shape index (κ1) is 10.6. The summed E-state index contributed by atoms with van der Waals surface area (Å²) in [6, 6.07) is 5.77. The summed E-state index contributed by atoms with van der Waals surface area (Å²) in [7, 11) is 1.77. The maximum atomic E-state index is 12.0. The number of rotatable bonds is 1. The van der Waals surface area contributed by atoms with E-state index in [1.165, 1.54) is 0 Å². The van der Waals surface area contributed by atoms with Gasteiger partial charge in [0.1, 0.15) is 5.82 Å². The average Bonchev–Trinajstić information content (AvgIpc) is 2.24. The van der Waals surface area contributed by atoms with Crippen molar-refractivity contribution in [1.82, 2.24) is 9.55 Å². The molecule has 2 aromatic rings. The van der Waals surface area contributed by atoms with Gasteiger partial charge in [0.25, 0.3) is 5.56 Å². The first-order valence-corrected chi connectivity index (χ1v) is 6.18. The Labute approximate surface area is 101 Å². The SMILES string of the molecule is Cc1ccc2nc(CI)n(C)c(=O)c2c1. The van der Waals surface area contributed by atoms with E-state index in [1.807, 2.05) is 25.1 Å². The van der Waals surface area contributed by atoms with Crippen molar-refractivity contribution in [2.75, 3.05) is 0 Å². The Kier molecular flexibility index (Phi) is 2.77. The second-order valence-electron chi connectivity index (χ2n) is 3.55. The molecule has 0 amide bonds. The minimum absolute atomic E-state index is 0.0374. The van der Waals surface area contributed by atoms with Gasteiger partial charge in [0.15, 0.2) is 0 Å². The molecule has 0 aliphatic rings. The number of aryl methyl sites for hydroxylation is 1. The minimum atomic E-state index is 0.0374.